The van der Waals surface area contributed by atoms with Crippen molar-refractivity contribution >= 4 is 22.5 Å². The Hall–Kier alpha value is -4.00. The SMILES string of the molecule is COc1ccc(-c2cccc3cnc(Nc4cc(OC)c(OC)c(OC)c4)nc23)cc1. The molecule has 0 bridgehead atoms. The minimum atomic E-state index is 0.461. The molecule has 7 nitrogen and oxygen atoms in total. The molecule has 31 heavy (non-hydrogen) atoms. The van der Waals surface area contributed by atoms with E-state index in [0.717, 1.165) is 33.5 Å². The number of aromatic nitrogens is 2. The van der Waals surface area contributed by atoms with Crippen LogP contribution in [0.5, 0.6) is 23.0 Å². The molecule has 0 amide bonds. The second-order valence-corrected chi connectivity index (χ2v) is 6.70. The maximum absolute atomic E-state index is 5.43. The van der Waals surface area contributed by atoms with Gasteiger partial charge in [-0.15, -0.1) is 0 Å². The van der Waals surface area contributed by atoms with Crippen LogP contribution in [0.4, 0.5) is 11.6 Å². The smallest absolute Gasteiger partial charge is 0.227 e. The van der Waals surface area contributed by atoms with Crippen LogP contribution >= 0.6 is 0 Å². The summed E-state index contributed by atoms with van der Waals surface area (Å²) in [6.45, 7) is 0. The number of benzene rings is 3. The molecule has 0 saturated heterocycles. The number of fused-ring (bicyclic) bond motifs is 1. The van der Waals surface area contributed by atoms with Gasteiger partial charge in [0, 0.05) is 35.0 Å². The molecule has 0 spiro atoms. The van der Waals surface area contributed by atoms with Gasteiger partial charge in [0.15, 0.2) is 11.5 Å². The van der Waals surface area contributed by atoms with Crippen molar-refractivity contribution in [3.63, 3.8) is 0 Å². The van der Waals surface area contributed by atoms with Gasteiger partial charge in [-0.05, 0) is 17.7 Å². The summed E-state index contributed by atoms with van der Waals surface area (Å²) in [6, 6.07) is 17.6. The first kappa shape index (κ1) is 20.3. The van der Waals surface area contributed by atoms with Crippen molar-refractivity contribution in [1.29, 1.82) is 0 Å². The molecule has 0 aliphatic rings. The van der Waals surface area contributed by atoms with Crippen molar-refractivity contribution in [1.82, 2.24) is 9.97 Å². The number of nitrogens with zero attached hydrogens (tertiary/aromatic N) is 2. The van der Waals surface area contributed by atoms with Crippen LogP contribution in [0.1, 0.15) is 0 Å². The Kier molecular flexibility index (Phi) is 5.75. The van der Waals surface area contributed by atoms with E-state index >= 15 is 0 Å². The summed E-state index contributed by atoms with van der Waals surface area (Å²) in [5.74, 6) is 2.89. The number of hydrogen-bond acceptors (Lipinski definition) is 7. The van der Waals surface area contributed by atoms with Crippen LogP contribution in [0.25, 0.3) is 22.0 Å². The Morgan fingerprint density at radius 3 is 2.10 bits per heavy atom. The lowest BCUT2D eigenvalue weighted by Gasteiger charge is -2.15. The van der Waals surface area contributed by atoms with Gasteiger partial charge >= 0.3 is 0 Å². The van der Waals surface area contributed by atoms with Gasteiger partial charge in [-0.25, -0.2) is 9.97 Å². The zero-order chi connectivity index (χ0) is 21.8. The predicted molar refractivity (Wildman–Crippen MR) is 121 cm³/mol. The van der Waals surface area contributed by atoms with E-state index in [4.69, 9.17) is 23.9 Å². The van der Waals surface area contributed by atoms with Crippen LogP contribution in [-0.2, 0) is 0 Å². The van der Waals surface area contributed by atoms with Gasteiger partial charge < -0.3 is 24.3 Å². The summed E-state index contributed by atoms with van der Waals surface area (Å²) in [4.78, 5) is 9.24. The van der Waals surface area contributed by atoms with Crippen LogP contribution in [0.3, 0.4) is 0 Å². The average Bonchev–Trinajstić information content (AvgIpc) is 2.83. The molecule has 0 unspecified atom stereocenters. The van der Waals surface area contributed by atoms with Crippen LogP contribution in [0, 0.1) is 0 Å². The van der Waals surface area contributed by atoms with Crippen LogP contribution in [0.2, 0.25) is 0 Å². The van der Waals surface area contributed by atoms with Gasteiger partial charge in [0.1, 0.15) is 5.75 Å². The molecule has 0 saturated carbocycles. The predicted octanol–water partition coefficient (Wildman–Crippen LogP) is 5.07. The Morgan fingerprint density at radius 1 is 0.774 bits per heavy atom. The van der Waals surface area contributed by atoms with E-state index < -0.39 is 0 Å². The fourth-order valence-corrected chi connectivity index (χ4v) is 3.40. The first-order chi connectivity index (χ1) is 15.2. The number of para-hydroxylation sites is 1. The highest BCUT2D eigenvalue weighted by Crippen LogP contribution is 2.40. The Bertz CT molecular complexity index is 1180. The lowest BCUT2D eigenvalue weighted by atomic mass is 10.0. The third kappa shape index (κ3) is 4.02. The fraction of sp³-hybridized carbons (Fsp3) is 0.167. The molecule has 1 N–H and O–H groups in total. The highest BCUT2D eigenvalue weighted by atomic mass is 16.5. The van der Waals surface area contributed by atoms with Gasteiger partial charge in [-0.1, -0.05) is 30.3 Å². The van der Waals surface area contributed by atoms with Gasteiger partial charge in [-0.2, -0.15) is 0 Å². The highest BCUT2D eigenvalue weighted by Gasteiger charge is 2.14. The van der Waals surface area contributed by atoms with E-state index in [1.807, 2.05) is 54.6 Å². The van der Waals surface area contributed by atoms with Crippen molar-refractivity contribution in [3.8, 4) is 34.1 Å². The minimum Gasteiger partial charge on any atom is -0.497 e. The standard InChI is InChI=1S/C24H23N3O4/c1-28-18-10-8-15(9-11-18)19-7-5-6-16-14-25-24(27-22(16)19)26-17-12-20(29-2)23(31-4)21(13-17)30-3/h5-14H,1-4H3,(H,25,26,27). The van der Waals surface area contributed by atoms with Gasteiger partial charge in [0.25, 0.3) is 0 Å². The number of methoxy groups -OCH3 is 4. The summed E-state index contributed by atoms with van der Waals surface area (Å²) in [5.41, 5.74) is 3.62. The molecule has 7 heteroatoms. The van der Waals surface area contributed by atoms with Gasteiger partial charge in [-0.3, -0.25) is 0 Å². The molecule has 1 aromatic heterocycles. The first-order valence-electron chi connectivity index (χ1n) is 9.64. The number of hydrogen-bond donors (Lipinski definition) is 1. The molecule has 0 fully saturated rings. The molecule has 0 aliphatic carbocycles. The topological polar surface area (TPSA) is 74.7 Å². The monoisotopic (exact) mass is 417 g/mol. The van der Waals surface area contributed by atoms with Crippen molar-refractivity contribution in [2.24, 2.45) is 0 Å². The van der Waals surface area contributed by atoms with Crippen molar-refractivity contribution in [2.45, 2.75) is 0 Å². The molecule has 0 atom stereocenters. The summed E-state index contributed by atoms with van der Waals surface area (Å²) >= 11 is 0. The Balaban J connectivity index is 1.74. The highest BCUT2D eigenvalue weighted by molar-refractivity contribution is 5.94. The van der Waals surface area contributed by atoms with E-state index in [2.05, 4.69) is 10.3 Å². The summed E-state index contributed by atoms with van der Waals surface area (Å²) in [5, 5.41) is 4.18. The second kappa shape index (κ2) is 8.79. The minimum absolute atomic E-state index is 0.461. The van der Waals surface area contributed by atoms with E-state index in [9.17, 15) is 0 Å². The zero-order valence-corrected chi connectivity index (χ0v) is 17.8. The lowest BCUT2D eigenvalue weighted by molar-refractivity contribution is 0.324. The zero-order valence-electron chi connectivity index (χ0n) is 17.8. The van der Waals surface area contributed by atoms with Crippen LogP contribution < -0.4 is 24.3 Å². The van der Waals surface area contributed by atoms with Crippen LogP contribution in [-0.4, -0.2) is 38.4 Å². The lowest BCUT2D eigenvalue weighted by Crippen LogP contribution is -2.00. The second-order valence-electron chi connectivity index (χ2n) is 6.70. The third-order valence-electron chi connectivity index (χ3n) is 4.93. The maximum atomic E-state index is 5.43. The Morgan fingerprint density at radius 2 is 1.48 bits per heavy atom. The quantitative estimate of drug-likeness (QED) is 0.450. The van der Waals surface area contributed by atoms with E-state index in [1.54, 1.807) is 34.6 Å². The number of rotatable bonds is 7. The van der Waals surface area contributed by atoms with E-state index in [0.29, 0.717) is 23.2 Å². The molecule has 4 aromatic rings. The van der Waals surface area contributed by atoms with Crippen molar-refractivity contribution in [3.05, 3.63) is 60.8 Å². The number of ether oxygens (including phenoxy) is 4. The van der Waals surface area contributed by atoms with Crippen molar-refractivity contribution < 1.29 is 18.9 Å². The molecule has 4 rings (SSSR count). The fourth-order valence-electron chi connectivity index (χ4n) is 3.40. The number of nitrogens with one attached hydrogen (secondary N) is 1. The first-order valence-corrected chi connectivity index (χ1v) is 9.64. The molecule has 3 aromatic carbocycles. The molecule has 1 heterocycles. The maximum Gasteiger partial charge on any atom is 0.227 e. The van der Waals surface area contributed by atoms with Gasteiger partial charge in [0.05, 0.1) is 34.0 Å². The van der Waals surface area contributed by atoms with E-state index in [-0.39, 0.29) is 0 Å². The molecular weight excluding hydrogens is 394 g/mol. The molecule has 158 valence electrons. The average molecular weight is 417 g/mol. The van der Waals surface area contributed by atoms with Crippen molar-refractivity contribution in [2.75, 3.05) is 33.8 Å². The molecule has 0 aliphatic heterocycles. The third-order valence-corrected chi connectivity index (χ3v) is 4.93. The van der Waals surface area contributed by atoms with Crippen LogP contribution in [0.15, 0.2) is 60.8 Å². The van der Waals surface area contributed by atoms with Gasteiger partial charge in [0.2, 0.25) is 11.7 Å². The summed E-state index contributed by atoms with van der Waals surface area (Å²) < 4.78 is 21.5. The van der Waals surface area contributed by atoms with E-state index in [1.165, 1.54) is 0 Å². The normalized spacial score (nSPS) is 10.6. The summed E-state index contributed by atoms with van der Waals surface area (Å²) in [7, 11) is 6.38. The Labute approximate surface area is 180 Å². The molecule has 0 radical (unpaired) electrons. The largest absolute Gasteiger partial charge is 0.497 e. The molecular formula is C24H23N3O4. The number of anilines is 2. The summed E-state index contributed by atoms with van der Waals surface area (Å²) in [6.07, 6.45) is 1.80.